The number of anilines is 2. The predicted octanol–water partition coefficient (Wildman–Crippen LogP) is -0.314. The summed E-state index contributed by atoms with van der Waals surface area (Å²) in [5.41, 5.74) is 4.84. The zero-order valence-corrected chi connectivity index (χ0v) is 16.4. The number of rotatable bonds is 5. The van der Waals surface area contributed by atoms with E-state index < -0.39 is 31.4 Å². The zero-order valence-electron chi connectivity index (χ0n) is 12.7. The molecule has 0 bridgehead atoms. The van der Waals surface area contributed by atoms with Gasteiger partial charge in [-0.2, -0.15) is 9.97 Å². The molecule has 0 atom stereocenters. The molecule has 1 rings (SSSR count). The van der Waals surface area contributed by atoms with E-state index in [9.17, 15) is 18.5 Å². The fourth-order valence-electron chi connectivity index (χ4n) is 1.15. The van der Waals surface area contributed by atoms with E-state index in [0.29, 0.717) is 6.54 Å². The molecule has 0 unspecified atom stereocenters. The molecule has 1 aromatic rings. The van der Waals surface area contributed by atoms with Gasteiger partial charge < -0.3 is 20.2 Å². The number of aromatic nitrogens is 2. The first-order chi connectivity index (χ1) is 10.1. The summed E-state index contributed by atoms with van der Waals surface area (Å²) in [6.45, 7) is 3.15. The molecule has 1 heterocycles. The van der Waals surface area contributed by atoms with Crippen LogP contribution in [0.15, 0.2) is 5.16 Å². The summed E-state index contributed by atoms with van der Waals surface area (Å²) in [7, 11) is 1.07. The third-order valence-electron chi connectivity index (χ3n) is 2.15. The molecule has 0 aliphatic carbocycles. The maximum Gasteiger partial charge on any atom is 0.350 e. The SMILES string of the molecule is CO[C-]=O.[CH2-]N(CC)c1nc(S(C)(=O)=O)nc(N)c1[N+](=O)[O-].[Y]. The number of carbonyl (C=O) groups excluding carboxylic acids is 1. The topological polar surface area (TPSA) is 159 Å². The van der Waals surface area contributed by atoms with Crippen LogP contribution in [-0.4, -0.2) is 49.7 Å². The Balaban J connectivity index is 0. The van der Waals surface area contributed by atoms with Crippen LogP contribution in [0.25, 0.3) is 0 Å². The number of nitro groups is 1. The van der Waals surface area contributed by atoms with Gasteiger partial charge in [0.2, 0.25) is 15.7 Å². The number of ether oxygens (including phenoxy) is 1. The smallest absolute Gasteiger partial charge is 0.350 e. The summed E-state index contributed by atoms with van der Waals surface area (Å²) in [6, 6.07) is 0. The standard InChI is InChI=1S/C8H12N5O4S.C2H3O2.Y/c1-4-12(2)7-5(13(14)15)6(9)10-8(11-7)18(3,16)17;1-4-2-3;/h2,4H2,1,3H3,(H2,9,10,11);1H3;/q2*-1;. The van der Waals surface area contributed by atoms with Crippen LogP contribution in [0.4, 0.5) is 17.3 Å². The molecule has 0 spiro atoms. The van der Waals surface area contributed by atoms with Crippen molar-refractivity contribution in [1.82, 2.24) is 9.97 Å². The van der Waals surface area contributed by atoms with Crippen LogP contribution in [0.3, 0.4) is 0 Å². The second-order valence-corrected chi connectivity index (χ2v) is 5.65. The van der Waals surface area contributed by atoms with Crippen molar-refractivity contribution in [3.8, 4) is 0 Å². The molecule has 0 saturated heterocycles. The Hall–Kier alpha value is -1.40. The number of sulfone groups is 1. The van der Waals surface area contributed by atoms with Gasteiger partial charge in [-0.05, 0) is 6.54 Å². The zero-order chi connectivity index (χ0) is 17.5. The van der Waals surface area contributed by atoms with Crippen molar-refractivity contribution in [3.63, 3.8) is 0 Å². The molecular formula is C10H15N5O6SY-2. The van der Waals surface area contributed by atoms with Gasteiger partial charge in [-0.15, -0.1) is 0 Å². The van der Waals surface area contributed by atoms with Crippen LogP contribution < -0.4 is 10.6 Å². The molecule has 0 aliphatic rings. The molecule has 0 saturated carbocycles. The Morgan fingerprint density at radius 3 is 2.26 bits per heavy atom. The molecule has 0 aromatic carbocycles. The average molecular weight is 422 g/mol. The van der Waals surface area contributed by atoms with E-state index >= 15 is 0 Å². The molecule has 0 aliphatic heterocycles. The van der Waals surface area contributed by atoms with Crippen LogP contribution in [-0.2, 0) is 52.1 Å². The predicted molar refractivity (Wildman–Crippen MR) is 77.3 cm³/mol. The van der Waals surface area contributed by atoms with Crippen molar-refractivity contribution >= 4 is 33.6 Å². The van der Waals surface area contributed by atoms with Gasteiger partial charge in [0, 0.05) is 46.1 Å². The fraction of sp³-hybridized carbons (Fsp3) is 0.400. The number of methoxy groups -OCH3 is 1. The minimum Gasteiger partial charge on any atom is -0.655 e. The van der Waals surface area contributed by atoms with Gasteiger partial charge in [-0.25, -0.2) is 8.42 Å². The largest absolute Gasteiger partial charge is 0.655 e. The second kappa shape index (κ2) is 10.4. The van der Waals surface area contributed by atoms with E-state index in [-0.39, 0.29) is 38.5 Å². The van der Waals surface area contributed by atoms with E-state index in [1.807, 2.05) is 0 Å². The summed E-state index contributed by atoms with van der Waals surface area (Å²) in [6.07, 6.45) is 0.886. The van der Waals surface area contributed by atoms with E-state index in [0.717, 1.165) is 6.26 Å². The fourth-order valence-corrected chi connectivity index (χ4v) is 1.67. The third-order valence-corrected chi connectivity index (χ3v) is 3.00. The number of nitrogens with zero attached hydrogens (tertiary/aromatic N) is 4. The summed E-state index contributed by atoms with van der Waals surface area (Å²) in [5, 5.41) is 10.3. The Bertz CT molecular complexity index is 653. The summed E-state index contributed by atoms with van der Waals surface area (Å²) < 4.78 is 26.4. The molecule has 0 fully saturated rings. The first-order valence-corrected chi connectivity index (χ1v) is 7.49. The van der Waals surface area contributed by atoms with Crippen molar-refractivity contribution in [2.24, 2.45) is 0 Å². The molecule has 1 aromatic heterocycles. The van der Waals surface area contributed by atoms with Gasteiger partial charge in [0.25, 0.3) is 5.16 Å². The molecular weight excluding hydrogens is 407 g/mol. The van der Waals surface area contributed by atoms with Crippen molar-refractivity contribution < 1.29 is 55.6 Å². The van der Waals surface area contributed by atoms with Gasteiger partial charge in [0.05, 0.1) is 4.92 Å². The summed E-state index contributed by atoms with van der Waals surface area (Å²) in [4.78, 5) is 27.2. The molecule has 1 radical (unpaired) electrons. The van der Waals surface area contributed by atoms with Crippen LogP contribution >= 0.6 is 0 Å². The Morgan fingerprint density at radius 2 is 1.96 bits per heavy atom. The minimum atomic E-state index is -3.71. The molecule has 23 heavy (non-hydrogen) atoms. The van der Waals surface area contributed by atoms with Crippen LogP contribution in [0.2, 0.25) is 0 Å². The third kappa shape index (κ3) is 7.14. The Kier molecular flexibility index (Phi) is 10.8. The molecule has 13 heteroatoms. The van der Waals surface area contributed by atoms with E-state index in [1.54, 1.807) is 6.92 Å². The van der Waals surface area contributed by atoms with E-state index in [1.165, 1.54) is 18.5 Å². The monoisotopic (exact) mass is 422 g/mol. The van der Waals surface area contributed by atoms with Crippen LogP contribution in [0.1, 0.15) is 6.92 Å². The van der Waals surface area contributed by atoms with E-state index in [4.69, 9.17) is 10.5 Å². The number of nitrogen functional groups attached to an aromatic ring is 1. The first-order valence-electron chi connectivity index (χ1n) is 5.60. The molecule has 0 amide bonds. The quantitative estimate of drug-likeness (QED) is 0.289. The molecule has 2 N–H and O–H groups in total. The minimum absolute atomic E-state index is 0. The van der Waals surface area contributed by atoms with Crippen molar-refractivity contribution in [2.45, 2.75) is 12.1 Å². The molecule has 11 nitrogen and oxygen atoms in total. The second-order valence-electron chi connectivity index (χ2n) is 3.74. The van der Waals surface area contributed by atoms with Crippen LogP contribution in [0, 0.1) is 17.2 Å². The van der Waals surface area contributed by atoms with E-state index in [2.05, 4.69) is 21.8 Å². The average Bonchev–Trinajstić information content (AvgIpc) is 2.44. The summed E-state index contributed by atoms with van der Waals surface area (Å²) >= 11 is 0. The normalized spacial score (nSPS) is 9.74. The Labute approximate surface area is 158 Å². The Morgan fingerprint density at radius 1 is 1.48 bits per heavy atom. The maximum absolute atomic E-state index is 11.3. The number of hydrogen-bond donors (Lipinski definition) is 1. The van der Waals surface area contributed by atoms with Crippen molar-refractivity contribution in [3.05, 3.63) is 17.2 Å². The van der Waals surface area contributed by atoms with Crippen LogP contribution in [0.5, 0.6) is 0 Å². The van der Waals surface area contributed by atoms with Gasteiger partial charge in [0.1, 0.15) is 0 Å². The molecule has 127 valence electrons. The van der Waals surface area contributed by atoms with Gasteiger partial charge in [-0.3, -0.25) is 17.2 Å². The first kappa shape index (κ1) is 23.9. The summed E-state index contributed by atoms with van der Waals surface area (Å²) in [5.74, 6) is -0.733. The maximum atomic E-state index is 11.3. The van der Waals surface area contributed by atoms with Gasteiger partial charge in [-0.1, -0.05) is 13.4 Å². The number of hydrogen-bond acceptors (Lipinski definition) is 10. The van der Waals surface area contributed by atoms with Crippen molar-refractivity contribution in [1.29, 1.82) is 0 Å². The van der Waals surface area contributed by atoms with Gasteiger partial charge >= 0.3 is 5.69 Å². The van der Waals surface area contributed by atoms with Gasteiger partial charge in [0.15, 0.2) is 5.82 Å². The van der Waals surface area contributed by atoms with Crippen molar-refractivity contribution in [2.75, 3.05) is 30.5 Å². The number of nitrogens with two attached hydrogens (primary N) is 1.